The zero-order chi connectivity index (χ0) is 30.4. The number of anilines is 1. The number of halogens is 3. The number of fused-ring (bicyclic) bond motifs is 1. The van der Waals surface area contributed by atoms with E-state index < -0.39 is 11.7 Å². The van der Waals surface area contributed by atoms with Crippen LogP contribution in [0.2, 0.25) is 0 Å². The van der Waals surface area contributed by atoms with Crippen molar-refractivity contribution in [2.45, 2.75) is 45.2 Å². The van der Waals surface area contributed by atoms with Crippen LogP contribution in [0, 0.1) is 5.92 Å². The first-order valence-electron chi connectivity index (χ1n) is 14.6. The van der Waals surface area contributed by atoms with E-state index in [2.05, 4.69) is 15.6 Å². The summed E-state index contributed by atoms with van der Waals surface area (Å²) in [6.45, 7) is 3.63. The average molecular weight is 593 g/mol. The number of hydrogen-bond acceptors (Lipinski definition) is 5. The summed E-state index contributed by atoms with van der Waals surface area (Å²) in [4.78, 5) is 39.2. The first-order valence-corrected chi connectivity index (χ1v) is 14.6. The van der Waals surface area contributed by atoms with Gasteiger partial charge in [0.15, 0.2) is 5.82 Å². The van der Waals surface area contributed by atoms with Crippen LogP contribution in [0.1, 0.15) is 54.2 Å². The van der Waals surface area contributed by atoms with E-state index in [0.717, 1.165) is 55.4 Å². The summed E-state index contributed by atoms with van der Waals surface area (Å²) >= 11 is 0. The summed E-state index contributed by atoms with van der Waals surface area (Å²) in [6.07, 6.45) is 0.0510. The molecule has 3 N–H and O–H groups in total. The summed E-state index contributed by atoms with van der Waals surface area (Å²) in [5, 5.41) is 6.73. The van der Waals surface area contributed by atoms with Gasteiger partial charge in [-0.25, -0.2) is 9.97 Å². The fourth-order valence-electron chi connectivity index (χ4n) is 5.45. The fourth-order valence-corrected chi connectivity index (χ4v) is 5.45. The highest BCUT2D eigenvalue weighted by molar-refractivity contribution is 6.00. The van der Waals surface area contributed by atoms with Crippen LogP contribution >= 0.6 is 0 Å². The van der Waals surface area contributed by atoms with Crippen molar-refractivity contribution in [2.24, 2.45) is 5.92 Å². The molecular weight excluding hydrogens is 557 g/mol. The minimum atomic E-state index is -4.32. The number of H-pyrrole nitrogens is 1. The van der Waals surface area contributed by atoms with Gasteiger partial charge in [0.1, 0.15) is 17.2 Å². The number of amides is 2. The Hall–Kier alpha value is -4.41. The van der Waals surface area contributed by atoms with Crippen LogP contribution in [0.25, 0.3) is 22.4 Å². The molecule has 0 unspecified atom stereocenters. The maximum absolute atomic E-state index is 13.5. The van der Waals surface area contributed by atoms with Crippen LogP contribution in [0.15, 0.2) is 60.7 Å². The monoisotopic (exact) mass is 592 g/mol. The Balaban J connectivity index is 1.20. The lowest BCUT2D eigenvalue weighted by Gasteiger charge is -2.31. The summed E-state index contributed by atoms with van der Waals surface area (Å²) in [6, 6.07) is 16.8. The van der Waals surface area contributed by atoms with E-state index in [0.29, 0.717) is 60.5 Å². The van der Waals surface area contributed by atoms with Gasteiger partial charge in [0, 0.05) is 38.7 Å². The molecule has 3 heterocycles. The van der Waals surface area contributed by atoms with Crippen molar-refractivity contribution < 1.29 is 22.8 Å². The third-order valence-corrected chi connectivity index (χ3v) is 7.80. The molecule has 2 aromatic heterocycles. The molecule has 226 valence electrons. The Morgan fingerprint density at radius 3 is 2.40 bits per heavy atom. The summed E-state index contributed by atoms with van der Waals surface area (Å²) in [7, 11) is 0. The zero-order valence-electron chi connectivity index (χ0n) is 24.0. The number of nitrogens with zero attached hydrogens (tertiary/aromatic N) is 3. The second-order valence-corrected chi connectivity index (χ2v) is 10.9. The van der Waals surface area contributed by atoms with Crippen molar-refractivity contribution in [2.75, 3.05) is 31.5 Å². The molecule has 8 nitrogen and oxygen atoms in total. The van der Waals surface area contributed by atoms with Gasteiger partial charge in [-0.2, -0.15) is 13.2 Å². The number of benzene rings is 2. The number of piperidine rings is 1. The standard InChI is InChI=1S/C32H35F3N6O2/c1-21(42)36-16-17-37-29-26-20-27(38-30(26)40-28(39-29)24-8-3-2-4-9-24)31(43)41-18-14-23(15-19-41)7-5-6-22-10-12-25(13-11-22)32(33,34)35/h2-4,8-13,20,23H,5-7,14-19H2,1H3,(H,36,42)(H2,37,38,39,40). The topological polar surface area (TPSA) is 103 Å². The summed E-state index contributed by atoms with van der Waals surface area (Å²) in [5.41, 5.74) is 2.12. The lowest BCUT2D eigenvalue weighted by molar-refractivity contribution is -0.137. The molecule has 1 aliphatic heterocycles. The van der Waals surface area contributed by atoms with Gasteiger partial charge < -0.3 is 20.5 Å². The van der Waals surface area contributed by atoms with Crippen molar-refractivity contribution in [3.8, 4) is 11.4 Å². The van der Waals surface area contributed by atoms with E-state index in [1.807, 2.05) is 35.2 Å². The number of hydrogen-bond donors (Lipinski definition) is 3. The Bertz CT molecular complexity index is 1550. The van der Waals surface area contributed by atoms with Gasteiger partial charge in [0.05, 0.1) is 10.9 Å². The highest BCUT2D eigenvalue weighted by atomic mass is 19.4. The normalized spacial score (nSPS) is 14.2. The highest BCUT2D eigenvalue weighted by Gasteiger charge is 2.30. The molecule has 0 bridgehead atoms. The molecular formula is C32H35F3N6O2. The Morgan fingerprint density at radius 2 is 1.72 bits per heavy atom. The Labute approximate surface area is 248 Å². The van der Waals surface area contributed by atoms with Crippen molar-refractivity contribution >= 4 is 28.7 Å². The number of alkyl halides is 3. The fraction of sp³-hybridized carbons (Fsp3) is 0.375. The number of rotatable bonds is 10. The van der Waals surface area contributed by atoms with Crippen LogP contribution in [0.3, 0.4) is 0 Å². The summed E-state index contributed by atoms with van der Waals surface area (Å²) < 4.78 is 38.4. The van der Waals surface area contributed by atoms with Gasteiger partial charge in [0.2, 0.25) is 5.91 Å². The van der Waals surface area contributed by atoms with E-state index >= 15 is 0 Å². The summed E-state index contributed by atoms with van der Waals surface area (Å²) in [5.74, 6) is 1.37. The molecule has 0 spiro atoms. The van der Waals surface area contributed by atoms with Crippen LogP contribution in [0.5, 0.6) is 0 Å². The third-order valence-electron chi connectivity index (χ3n) is 7.80. The first kappa shape index (κ1) is 30.1. The molecule has 1 saturated heterocycles. The minimum Gasteiger partial charge on any atom is -0.368 e. The Kier molecular flexibility index (Phi) is 9.27. The molecule has 0 atom stereocenters. The predicted molar refractivity (Wildman–Crippen MR) is 160 cm³/mol. The van der Waals surface area contributed by atoms with Crippen LogP contribution < -0.4 is 10.6 Å². The van der Waals surface area contributed by atoms with E-state index in [-0.39, 0.29) is 11.8 Å². The van der Waals surface area contributed by atoms with E-state index in [1.165, 1.54) is 6.92 Å². The molecule has 1 fully saturated rings. The maximum Gasteiger partial charge on any atom is 0.416 e. The molecule has 4 aromatic rings. The SMILES string of the molecule is CC(=O)NCCNc1nc(-c2ccccc2)nc2[nH]c(C(=O)N3CCC(CCCc4ccc(C(F)(F)F)cc4)CC3)cc12. The van der Waals surface area contributed by atoms with E-state index in [9.17, 15) is 22.8 Å². The van der Waals surface area contributed by atoms with Crippen LogP contribution in [0.4, 0.5) is 19.0 Å². The number of aromatic nitrogens is 3. The lowest BCUT2D eigenvalue weighted by Crippen LogP contribution is -2.38. The number of carbonyl (C=O) groups excluding carboxylic acids is 2. The molecule has 5 rings (SSSR count). The number of likely N-dealkylation sites (tertiary alicyclic amines) is 1. The quantitative estimate of drug-likeness (QED) is 0.194. The lowest BCUT2D eigenvalue weighted by atomic mass is 9.90. The van der Waals surface area contributed by atoms with E-state index in [4.69, 9.17) is 9.97 Å². The molecule has 1 aliphatic rings. The largest absolute Gasteiger partial charge is 0.416 e. The molecule has 43 heavy (non-hydrogen) atoms. The number of carbonyl (C=O) groups is 2. The van der Waals surface area contributed by atoms with Gasteiger partial charge in [0.25, 0.3) is 5.91 Å². The second-order valence-electron chi connectivity index (χ2n) is 10.9. The van der Waals surface area contributed by atoms with Crippen molar-refractivity contribution in [1.29, 1.82) is 0 Å². The predicted octanol–water partition coefficient (Wildman–Crippen LogP) is 6.07. The molecule has 2 aromatic carbocycles. The van der Waals surface area contributed by atoms with E-state index in [1.54, 1.807) is 18.2 Å². The minimum absolute atomic E-state index is 0.0911. The average Bonchev–Trinajstić information content (AvgIpc) is 3.44. The number of aromatic amines is 1. The molecule has 11 heteroatoms. The molecule has 0 aliphatic carbocycles. The number of nitrogens with one attached hydrogen (secondary N) is 3. The van der Waals surface area contributed by atoms with Gasteiger partial charge in [-0.15, -0.1) is 0 Å². The van der Waals surface area contributed by atoms with Gasteiger partial charge >= 0.3 is 6.18 Å². The van der Waals surface area contributed by atoms with Gasteiger partial charge in [-0.1, -0.05) is 42.5 Å². The first-order chi connectivity index (χ1) is 20.7. The van der Waals surface area contributed by atoms with Crippen LogP contribution in [-0.4, -0.2) is 57.8 Å². The molecule has 0 saturated carbocycles. The zero-order valence-corrected chi connectivity index (χ0v) is 24.0. The highest BCUT2D eigenvalue weighted by Crippen LogP contribution is 2.30. The van der Waals surface area contributed by atoms with Crippen LogP contribution in [-0.2, 0) is 17.4 Å². The molecule has 0 radical (unpaired) electrons. The van der Waals surface area contributed by atoms with Gasteiger partial charge in [-0.3, -0.25) is 9.59 Å². The maximum atomic E-state index is 13.5. The number of aryl methyl sites for hydroxylation is 1. The third kappa shape index (κ3) is 7.71. The van der Waals surface area contributed by atoms with Crippen molar-refractivity contribution in [1.82, 2.24) is 25.2 Å². The molecule has 2 amide bonds. The smallest absolute Gasteiger partial charge is 0.368 e. The van der Waals surface area contributed by atoms with Crippen molar-refractivity contribution in [3.63, 3.8) is 0 Å². The van der Waals surface area contributed by atoms with Gasteiger partial charge in [-0.05, 0) is 61.8 Å². The Morgan fingerprint density at radius 1 is 1.00 bits per heavy atom. The van der Waals surface area contributed by atoms with Crippen molar-refractivity contribution in [3.05, 3.63) is 77.5 Å². The second kappa shape index (κ2) is 13.3.